The Morgan fingerprint density at radius 2 is 1.80 bits per heavy atom. The topological polar surface area (TPSA) is 156 Å². The fourth-order valence-corrected chi connectivity index (χ4v) is 5.39. The third kappa shape index (κ3) is 10.8. The number of carbonyl (C=O) groups is 3. The van der Waals surface area contributed by atoms with Crippen molar-refractivity contribution in [2.24, 2.45) is 10.9 Å². The number of amides is 2. The first-order chi connectivity index (χ1) is 23.6. The van der Waals surface area contributed by atoms with E-state index in [1.54, 1.807) is 36.5 Å². The van der Waals surface area contributed by atoms with Crippen molar-refractivity contribution in [2.75, 3.05) is 25.2 Å². The molecule has 2 amide bonds. The Morgan fingerprint density at radius 3 is 2.47 bits per heavy atom. The van der Waals surface area contributed by atoms with Crippen molar-refractivity contribution in [3.05, 3.63) is 89.1 Å². The number of carbonyl (C=O) groups excluding carboxylic acids is 3. The van der Waals surface area contributed by atoms with Crippen LogP contribution in [0.5, 0.6) is 0 Å². The van der Waals surface area contributed by atoms with Crippen LogP contribution in [0.15, 0.2) is 71.9 Å². The smallest absolute Gasteiger partial charge is 0.412 e. The van der Waals surface area contributed by atoms with Crippen LogP contribution in [0.4, 0.5) is 16.3 Å². The monoisotopic (exact) mass is 668 g/mol. The molecule has 0 radical (unpaired) electrons. The van der Waals surface area contributed by atoms with Gasteiger partial charge >= 0.3 is 12.1 Å². The molecule has 1 aromatic heterocycles. The van der Waals surface area contributed by atoms with Crippen molar-refractivity contribution in [3.63, 3.8) is 0 Å². The first-order valence-electron chi connectivity index (χ1n) is 17.0. The molecular formula is C38H48N6O5. The fourth-order valence-electron chi connectivity index (χ4n) is 5.39. The van der Waals surface area contributed by atoms with Crippen LogP contribution in [0.2, 0.25) is 0 Å². The molecule has 1 saturated heterocycles. The lowest BCUT2D eigenvalue weighted by Gasteiger charge is -2.22. The molecule has 11 heteroatoms. The number of ether oxygens (including phenoxy) is 2. The summed E-state index contributed by atoms with van der Waals surface area (Å²) in [5.41, 5.74) is 4.82. The Morgan fingerprint density at radius 1 is 1.04 bits per heavy atom. The van der Waals surface area contributed by atoms with Crippen molar-refractivity contribution in [1.82, 2.24) is 15.6 Å². The molecule has 4 rings (SSSR count). The Labute approximate surface area is 289 Å². The van der Waals surface area contributed by atoms with Gasteiger partial charge in [0.05, 0.1) is 25.8 Å². The van der Waals surface area contributed by atoms with E-state index in [1.807, 2.05) is 37.3 Å². The highest BCUT2D eigenvalue weighted by molar-refractivity contribution is 6.06. The number of hydrogen-bond acceptors (Lipinski definition) is 9. The van der Waals surface area contributed by atoms with Gasteiger partial charge in [0.25, 0.3) is 5.91 Å². The molecule has 49 heavy (non-hydrogen) atoms. The molecule has 1 aliphatic rings. The minimum atomic E-state index is -0.607. The number of rotatable bonds is 16. The third-order valence-electron chi connectivity index (χ3n) is 8.46. The van der Waals surface area contributed by atoms with Gasteiger partial charge < -0.3 is 14.8 Å². The molecule has 2 atom stereocenters. The summed E-state index contributed by atoms with van der Waals surface area (Å²) in [6.45, 7) is 8.80. The Kier molecular flexibility index (Phi) is 13.6. The molecule has 0 saturated carbocycles. The molecule has 0 bridgehead atoms. The van der Waals surface area contributed by atoms with Gasteiger partial charge in [0.15, 0.2) is 0 Å². The molecule has 260 valence electrons. The number of aliphatic imine (C=N–C) groups is 1. The zero-order chi connectivity index (χ0) is 35.3. The Hall–Kier alpha value is -4.90. The van der Waals surface area contributed by atoms with E-state index < -0.39 is 12.1 Å². The van der Waals surface area contributed by atoms with Crippen LogP contribution in [0.1, 0.15) is 92.4 Å². The highest BCUT2D eigenvalue weighted by Crippen LogP contribution is 2.34. The summed E-state index contributed by atoms with van der Waals surface area (Å²) in [6.07, 6.45) is 5.83. The normalized spacial score (nSPS) is 15.4. The van der Waals surface area contributed by atoms with Crippen molar-refractivity contribution in [3.8, 4) is 0 Å². The van der Waals surface area contributed by atoms with E-state index in [0.717, 1.165) is 54.6 Å². The summed E-state index contributed by atoms with van der Waals surface area (Å²) in [5, 5.41) is 14.3. The Bertz CT molecular complexity index is 1620. The van der Waals surface area contributed by atoms with Gasteiger partial charge in [-0.2, -0.15) is 0 Å². The van der Waals surface area contributed by atoms with Gasteiger partial charge in [0, 0.05) is 48.1 Å². The lowest BCUT2D eigenvalue weighted by atomic mass is 9.99. The van der Waals surface area contributed by atoms with Crippen LogP contribution in [-0.4, -0.2) is 60.8 Å². The average molecular weight is 669 g/mol. The van der Waals surface area contributed by atoms with Crippen LogP contribution >= 0.6 is 0 Å². The summed E-state index contributed by atoms with van der Waals surface area (Å²) in [7, 11) is 1.32. The van der Waals surface area contributed by atoms with Crippen LogP contribution in [0, 0.1) is 18.3 Å². The second kappa shape index (κ2) is 18.0. The standard InChI is InChI=1S/C38H48N6O5/c1-6-7-8-11-22-49-38(47)43-36(39)28-17-15-27(16-18-28)35-32(42-35)24-30(25(2)3)41-31-23-29(14-13-26(31)4)37(46)44(21-19-34(45)48-5)33-12-9-10-20-40-33/h9-10,12-18,20,23,25,32,35,42H,6-8,11,19,21-22,24H2,1-5H3,(H2,39,43,47). The van der Waals surface area contributed by atoms with Crippen LogP contribution < -0.4 is 15.5 Å². The summed E-state index contributed by atoms with van der Waals surface area (Å²) in [6, 6.07) is 18.7. The Balaban J connectivity index is 1.40. The van der Waals surface area contributed by atoms with Gasteiger partial charge in [-0.3, -0.25) is 30.2 Å². The van der Waals surface area contributed by atoms with Crippen molar-refractivity contribution in [1.29, 1.82) is 5.41 Å². The largest absolute Gasteiger partial charge is 0.469 e. The zero-order valence-electron chi connectivity index (χ0n) is 29.1. The quantitative estimate of drug-likeness (QED) is 0.0485. The predicted molar refractivity (Wildman–Crippen MR) is 192 cm³/mol. The summed E-state index contributed by atoms with van der Waals surface area (Å²) in [4.78, 5) is 48.6. The van der Waals surface area contributed by atoms with E-state index in [2.05, 4.69) is 36.4 Å². The number of alkyl carbamates (subject to hydrolysis) is 1. The third-order valence-corrected chi connectivity index (χ3v) is 8.46. The van der Waals surface area contributed by atoms with E-state index in [4.69, 9.17) is 19.9 Å². The van der Waals surface area contributed by atoms with Crippen LogP contribution in [0.3, 0.4) is 0 Å². The molecule has 1 aliphatic heterocycles. The molecule has 2 aromatic carbocycles. The van der Waals surface area contributed by atoms with E-state index in [0.29, 0.717) is 23.6 Å². The van der Waals surface area contributed by atoms with Crippen molar-refractivity contribution in [2.45, 2.75) is 78.3 Å². The number of aryl methyl sites for hydroxylation is 1. The number of nitrogens with zero attached hydrogens (tertiary/aromatic N) is 3. The van der Waals surface area contributed by atoms with Crippen molar-refractivity contribution >= 4 is 41.0 Å². The van der Waals surface area contributed by atoms with Crippen LogP contribution in [-0.2, 0) is 14.3 Å². The van der Waals surface area contributed by atoms with Gasteiger partial charge in [0.2, 0.25) is 0 Å². The molecule has 11 nitrogen and oxygen atoms in total. The lowest BCUT2D eigenvalue weighted by molar-refractivity contribution is -0.140. The molecule has 2 heterocycles. The number of amidine groups is 1. The van der Waals surface area contributed by atoms with E-state index in [1.165, 1.54) is 12.0 Å². The summed E-state index contributed by atoms with van der Waals surface area (Å²) < 4.78 is 9.99. The molecule has 0 spiro atoms. The van der Waals surface area contributed by atoms with Gasteiger partial charge in [0.1, 0.15) is 11.7 Å². The van der Waals surface area contributed by atoms with Crippen LogP contribution in [0.25, 0.3) is 0 Å². The predicted octanol–water partition coefficient (Wildman–Crippen LogP) is 7.06. The second-order valence-corrected chi connectivity index (χ2v) is 12.5. The number of aromatic nitrogens is 1. The van der Waals surface area contributed by atoms with Gasteiger partial charge in [-0.05, 0) is 54.7 Å². The minimum Gasteiger partial charge on any atom is -0.469 e. The molecule has 3 N–H and O–H groups in total. The number of anilines is 1. The zero-order valence-corrected chi connectivity index (χ0v) is 29.1. The summed E-state index contributed by atoms with van der Waals surface area (Å²) in [5.74, 6) is -0.0588. The number of nitrogens with one attached hydrogen (secondary N) is 3. The highest BCUT2D eigenvalue weighted by atomic mass is 16.5. The summed E-state index contributed by atoms with van der Waals surface area (Å²) >= 11 is 0. The number of benzene rings is 2. The number of methoxy groups -OCH3 is 1. The number of esters is 1. The molecule has 1 fully saturated rings. The van der Waals surface area contributed by atoms with Gasteiger partial charge in [-0.15, -0.1) is 0 Å². The SMILES string of the molecule is CCCCCCOC(=O)NC(=N)c1ccc(C2NC2CC(=Nc2cc(C(=O)N(CCC(=O)OC)c3ccccn3)ccc2C)C(C)C)cc1. The first kappa shape index (κ1) is 36.9. The maximum absolute atomic E-state index is 13.7. The van der Waals surface area contributed by atoms with Crippen molar-refractivity contribution < 1.29 is 23.9 Å². The number of hydrogen-bond donors (Lipinski definition) is 3. The van der Waals surface area contributed by atoms with Gasteiger partial charge in [-0.25, -0.2) is 9.78 Å². The number of pyridine rings is 1. The second-order valence-electron chi connectivity index (χ2n) is 12.5. The maximum Gasteiger partial charge on any atom is 0.412 e. The van der Waals surface area contributed by atoms with Gasteiger partial charge in [-0.1, -0.05) is 76.4 Å². The number of unbranched alkanes of at least 4 members (excludes halogenated alkanes) is 3. The molecular weight excluding hydrogens is 620 g/mol. The highest BCUT2D eigenvalue weighted by Gasteiger charge is 2.38. The van der Waals surface area contributed by atoms with E-state index >= 15 is 0 Å². The maximum atomic E-state index is 13.7. The van der Waals surface area contributed by atoms with E-state index in [9.17, 15) is 14.4 Å². The average Bonchev–Trinajstić information content (AvgIpc) is 3.88. The first-order valence-corrected chi connectivity index (χ1v) is 17.0. The van der Waals surface area contributed by atoms with E-state index in [-0.39, 0.29) is 42.7 Å². The molecule has 2 unspecified atom stereocenters. The lowest BCUT2D eigenvalue weighted by Crippen LogP contribution is -2.33. The molecule has 0 aliphatic carbocycles. The molecule has 3 aromatic rings. The minimum absolute atomic E-state index is 0.00217. The fraction of sp³-hybridized carbons (Fsp3) is 0.421.